The predicted octanol–water partition coefficient (Wildman–Crippen LogP) is 3.08. The summed E-state index contributed by atoms with van der Waals surface area (Å²) in [4.78, 5) is 8.55. The molecule has 2 atom stereocenters. The molecule has 1 aromatic rings. The van der Waals surface area contributed by atoms with E-state index >= 15 is 0 Å². The third-order valence-electron chi connectivity index (χ3n) is 3.44. The van der Waals surface area contributed by atoms with Crippen molar-refractivity contribution in [2.24, 2.45) is 5.41 Å². The van der Waals surface area contributed by atoms with Crippen LogP contribution in [0, 0.1) is 5.41 Å². The van der Waals surface area contributed by atoms with Crippen LogP contribution in [-0.2, 0) is 0 Å². The van der Waals surface area contributed by atoms with E-state index in [2.05, 4.69) is 29.1 Å². The second-order valence-corrected chi connectivity index (χ2v) is 6.13. The number of ether oxygens (including phenoxy) is 1. The first-order chi connectivity index (χ1) is 8.39. The summed E-state index contributed by atoms with van der Waals surface area (Å²) in [5, 5.41) is 3.54. The highest BCUT2D eigenvalue weighted by Crippen LogP contribution is 2.45. The fourth-order valence-electron chi connectivity index (χ4n) is 1.99. The lowest BCUT2D eigenvalue weighted by atomic mass is 9.67. The van der Waals surface area contributed by atoms with Gasteiger partial charge in [0, 0.05) is 29.1 Å². The van der Waals surface area contributed by atoms with Gasteiger partial charge in [0.05, 0.1) is 6.10 Å². The van der Waals surface area contributed by atoms with Gasteiger partial charge in [0.2, 0.25) is 11.8 Å². The topological polar surface area (TPSA) is 47.0 Å². The summed E-state index contributed by atoms with van der Waals surface area (Å²) in [7, 11) is 0. The molecule has 1 aliphatic rings. The van der Waals surface area contributed by atoms with Crippen molar-refractivity contribution in [1.29, 1.82) is 0 Å². The summed E-state index contributed by atoms with van der Waals surface area (Å²) in [5.74, 6) is 1.21. The van der Waals surface area contributed by atoms with Crippen LogP contribution < -0.4 is 10.1 Å². The van der Waals surface area contributed by atoms with E-state index in [0.717, 1.165) is 6.42 Å². The maximum atomic E-state index is 6.20. The van der Waals surface area contributed by atoms with Gasteiger partial charge < -0.3 is 10.1 Å². The molecule has 1 saturated carbocycles. The van der Waals surface area contributed by atoms with Gasteiger partial charge >= 0.3 is 0 Å². The zero-order valence-corrected chi connectivity index (χ0v) is 12.0. The summed E-state index contributed by atoms with van der Waals surface area (Å²) in [5.41, 5.74) is 0.0693. The van der Waals surface area contributed by atoms with Crippen LogP contribution in [0.1, 0.15) is 34.1 Å². The molecular formula is C13H20ClN3O. The maximum Gasteiger partial charge on any atom is 0.226 e. The van der Waals surface area contributed by atoms with Crippen molar-refractivity contribution in [3.05, 3.63) is 12.3 Å². The Kier molecular flexibility index (Phi) is 3.66. The Hall–Kier alpha value is -1.03. The van der Waals surface area contributed by atoms with Gasteiger partial charge in [0.15, 0.2) is 0 Å². The molecule has 1 fully saturated rings. The molecule has 1 N–H and O–H groups in total. The Balaban J connectivity index is 2.02. The number of hydrogen-bond acceptors (Lipinski definition) is 4. The molecule has 0 aromatic carbocycles. The number of rotatable bonds is 4. The van der Waals surface area contributed by atoms with Crippen LogP contribution in [0.4, 0.5) is 5.95 Å². The SMILES string of the molecule is CC(C)Oc1ccnc(NC2CC(Cl)C2(C)C)n1. The lowest BCUT2D eigenvalue weighted by Crippen LogP contribution is -2.54. The van der Waals surface area contributed by atoms with Gasteiger partial charge in [-0.25, -0.2) is 4.98 Å². The molecule has 0 spiro atoms. The molecule has 1 heterocycles. The minimum Gasteiger partial charge on any atom is -0.475 e. The number of halogens is 1. The first kappa shape index (κ1) is 13.4. The summed E-state index contributed by atoms with van der Waals surface area (Å²) in [6, 6.07) is 2.08. The van der Waals surface area contributed by atoms with Crippen LogP contribution >= 0.6 is 11.6 Å². The normalized spacial score (nSPS) is 25.7. The minimum absolute atomic E-state index is 0.0693. The molecule has 2 unspecified atom stereocenters. The molecule has 1 aromatic heterocycles. The van der Waals surface area contributed by atoms with Crippen LogP contribution in [0.5, 0.6) is 5.88 Å². The standard InChI is InChI=1S/C13H20ClN3O/c1-8(2)18-11-5-6-15-12(17-11)16-10-7-9(14)13(10,3)4/h5-6,8-10H,7H2,1-4H3,(H,15,16,17). The van der Waals surface area contributed by atoms with E-state index in [0.29, 0.717) is 17.9 Å². The number of anilines is 1. The van der Waals surface area contributed by atoms with Crippen molar-refractivity contribution < 1.29 is 4.74 Å². The summed E-state index contributed by atoms with van der Waals surface area (Å²) >= 11 is 6.20. The van der Waals surface area contributed by atoms with E-state index in [4.69, 9.17) is 16.3 Å². The molecule has 2 rings (SSSR count). The molecule has 5 heteroatoms. The van der Waals surface area contributed by atoms with Crippen LogP contribution in [0.2, 0.25) is 0 Å². The van der Waals surface area contributed by atoms with Crippen molar-refractivity contribution in [1.82, 2.24) is 9.97 Å². The van der Waals surface area contributed by atoms with Crippen molar-refractivity contribution in [3.63, 3.8) is 0 Å². The van der Waals surface area contributed by atoms with Gasteiger partial charge in [-0.3, -0.25) is 0 Å². The van der Waals surface area contributed by atoms with E-state index in [-0.39, 0.29) is 16.9 Å². The number of alkyl halides is 1. The third kappa shape index (κ3) is 2.69. The predicted molar refractivity (Wildman–Crippen MR) is 73.2 cm³/mol. The molecule has 100 valence electrons. The fourth-order valence-corrected chi connectivity index (χ4v) is 2.32. The van der Waals surface area contributed by atoms with E-state index in [9.17, 15) is 0 Å². The molecular weight excluding hydrogens is 250 g/mol. The highest BCUT2D eigenvalue weighted by atomic mass is 35.5. The second kappa shape index (κ2) is 4.92. The highest BCUT2D eigenvalue weighted by molar-refractivity contribution is 6.21. The number of nitrogens with one attached hydrogen (secondary N) is 1. The van der Waals surface area contributed by atoms with Crippen LogP contribution in [0.3, 0.4) is 0 Å². The van der Waals surface area contributed by atoms with Gasteiger partial charge in [-0.2, -0.15) is 4.98 Å². The number of aromatic nitrogens is 2. The van der Waals surface area contributed by atoms with Crippen molar-refractivity contribution in [2.75, 3.05) is 5.32 Å². The van der Waals surface area contributed by atoms with E-state index in [1.807, 2.05) is 13.8 Å². The highest BCUT2D eigenvalue weighted by Gasteiger charge is 2.47. The summed E-state index contributed by atoms with van der Waals surface area (Å²) in [6.45, 7) is 8.26. The summed E-state index contributed by atoms with van der Waals surface area (Å²) in [6.07, 6.45) is 2.75. The Morgan fingerprint density at radius 3 is 2.78 bits per heavy atom. The smallest absolute Gasteiger partial charge is 0.226 e. The Morgan fingerprint density at radius 2 is 2.22 bits per heavy atom. The largest absolute Gasteiger partial charge is 0.475 e. The lowest BCUT2D eigenvalue weighted by molar-refractivity contribution is 0.167. The van der Waals surface area contributed by atoms with Gasteiger partial charge in [0.1, 0.15) is 0 Å². The van der Waals surface area contributed by atoms with E-state index < -0.39 is 0 Å². The van der Waals surface area contributed by atoms with Crippen LogP contribution in [0.25, 0.3) is 0 Å². The lowest BCUT2D eigenvalue weighted by Gasteiger charge is -2.49. The van der Waals surface area contributed by atoms with Gasteiger partial charge in [0.25, 0.3) is 0 Å². The molecule has 1 aliphatic carbocycles. The van der Waals surface area contributed by atoms with Crippen LogP contribution in [-0.4, -0.2) is 27.5 Å². The monoisotopic (exact) mass is 269 g/mol. The van der Waals surface area contributed by atoms with E-state index in [1.54, 1.807) is 12.3 Å². The molecule has 0 bridgehead atoms. The zero-order valence-electron chi connectivity index (χ0n) is 11.3. The van der Waals surface area contributed by atoms with Gasteiger partial charge in [-0.1, -0.05) is 13.8 Å². The Morgan fingerprint density at radius 1 is 1.50 bits per heavy atom. The average Bonchev–Trinajstić information content (AvgIpc) is 2.28. The quantitative estimate of drug-likeness (QED) is 0.854. The van der Waals surface area contributed by atoms with Crippen LogP contribution in [0.15, 0.2) is 12.3 Å². The molecule has 0 radical (unpaired) electrons. The molecule has 0 saturated heterocycles. The van der Waals surface area contributed by atoms with Crippen molar-refractivity contribution in [3.8, 4) is 5.88 Å². The number of nitrogens with zero attached hydrogens (tertiary/aromatic N) is 2. The second-order valence-electron chi connectivity index (χ2n) is 5.61. The Bertz CT molecular complexity index is 422. The molecule has 4 nitrogen and oxygen atoms in total. The zero-order chi connectivity index (χ0) is 13.3. The summed E-state index contributed by atoms with van der Waals surface area (Å²) < 4.78 is 5.54. The number of hydrogen-bond donors (Lipinski definition) is 1. The third-order valence-corrected chi connectivity index (χ3v) is 4.18. The van der Waals surface area contributed by atoms with Crippen molar-refractivity contribution in [2.45, 2.75) is 51.6 Å². The van der Waals surface area contributed by atoms with E-state index in [1.165, 1.54) is 0 Å². The van der Waals surface area contributed by atoms with Gasteiger partial charge in [-0.05, 0) is 20.3 Å². The first-order valence-corrected chi connectivity index (χ1v) is 6.73. The molecule has 18 heavy (non-hydrogen) atoms. The molecule has 0 amide bonds. The minimum atomic E-state index is 0.0693. The molecule has 0 aliphatic heterocycles. The first-order valence-electron chi connectivity index (χ1n) is 6.30. The Labute approximate surface area is 113 Å². The van der Waals surface area contributed by atoms with Gasteiger partial charge in [-0.15, -0.1) is 11.6 Å². The fraction of sp³-hybridized carbons (Fsp3) is 0.692. The average molecular weight is 270 g/mol. The van der Waals surface area contributed by atoms with Crippen molar-refractivity contribution >= 4 is 17.5 Å². The maximum absolute atomic E-state index is 6.20.